The average Bonchev–Trinajstić information content (AvgIpc) is 2.88. The number of hydrogen-bond donors (Lipinski definition) is 0. The number of nitrogens with zero attached hydrogens (tertiary/aromatic N) is 1. The number of hydrogen-bond acceptors (Lipinski definition) is 6. The largest absolute Gasteiger partial charge is 0.493 e. The molecule has 6 nitrogen and oxygen atoms in total. The van der Waals surface area contributed by atoms with Crippen molar-refractivity contribution in [2.45, 2.75) is 72.3 Å². The molecule has 1 aliphatic carbocycles. The molecule has 4 rings (SSSR count). The van der Waals surface area contributed by atoms with Gasteiger partial charge in [0.2, 0.25) is 0 Å². The van der Waals surface area contributed by atoms with Crippen LogP contribution >= 0.6 is 0 Å². The molecule has 0 aromatic heterocycles. The summed E-state index contributed by atoms with van der Waals surface area (Å²) in [6, 6.07) is 15.6. The minimum Gasteiger partial charge on any atom is -0.493 e. The van der Waals surface area contributed by atoms with Crippen molar-refractivity contribution in [3.05, 3.63) is 70.9 Å². The van der Waals surface area contributed by atoms with E-state index >= 15 is 0 Å². The number of ether oxygens (including phenoxy) is 3. The molecule has 1 heterocycles. The molecular weight excluding hydrogens is 478 g/mol. The van der Waals surface area contributed by atoms with Crippen LogP contribution in [0, 0.1) is 11.3 Å². The van der Waals surface area contributed by atoms with E-state index in [0.29, 0.717) is 48.8 Å². The molecule has 2 atom stereocenters. The molecule has 1 aliphatic heterocycles. The minimum atomic E-state index is -0.665. The van der Waals surface area contributed by atoms with Crippen molar-refractivity contribution in [1.29, 1.82) is 0 Å². The zero-order chi connectivity index (χ0) is 27.3. The normalized spacial score (nSPS) is 20.4. The number of rotatable bonds is 10. The Kier molecular flexibility index (Phi) is 8.70. The summed E-state index contributed by atoms with van der Waals surface area (Å²) in [7, 11) is 1.60. The second kappa shape index (κ2) is 12.0. The average molecular weight is 518 g/mol. The van der Waals surface area contributed by atoms with Gasteiger partial charge in [-0.25, -0.2) is 0 Å². The molecule has 0 bridgehead atoms. The summed E-state index contributed by atoms with van der Waals surface area (Å²) < 4.78 is 17.5. The first-order chi connectivity index (χ1) is 18.2. The fraction of sp³-hybridized carbons (Fsp3) is 0.469. The number of carbonyl (C=O) groups excluding carboxylic acids is 2. The van der Waals surface area contributed by atoms with Crippen molar-refractivity contribution in [2.75, 3.05) is 13.7 Å². The Morgan fingerprint density at radius 1 is 1.05 bits per heavy atom. The smallest absolute Gasteiger partial charge is 0.315 e. The van der Waals surface area contributed by atoms with Crippen LogP contribution in [-0.2, 0) is 20.9 Å². The number of esters is 1. The SMILES string of the molecule is CCCCCOC(=O)C1C(C)=NC2=C(C(=O)CC(C)(C)C2)[C@H]1c1ccc(OCc2ccccc2)c(OC)c1. The molecular formula is C32H39NO5. The van der Waals surface area contributed by atoms with Crippen molar-refractivity contribution >= 4 is 17.5 Å². The van der Waals surface area contributed by atoms with Crippen LogP contribution in [0.4, 0.5) is 0 Å². The van der Waals surface area contributed by atoms with Crippen molar-refractivity contribution in [1.82, 2.24) is 0 Å². The Morgan fingerprint density at radius 3 is 2.53 bits per heavy atom. The maximum Gasteiger partial charge on any atom is 0.315 e. The summed E-state index contributed by atoms with van der Waals surface area (Å²) in [5.74, 6) is -0.280. The van der Waals surface area contributed by atoms with E-state index in [1.54, 1.807) is 7.11 Å². The summed E-state index contributed by atoms with van der Waals surface area (Å²) in [6.07, 6.45) is 3.97. The van der Waals surface area contributed by atoms with Crippen LogP contribution in [0.1, 0.15) is 76.8 Å². The first kappa shape index (κ1) is 27.6. The molecule has 0 radical (unpaired) electrons. The van der Waals surface area contributed by atoms with Crippen LogP contribution in [-0.4, -0.2) is 31.2 Å². The highest BCUT2D eigenvalue weighted by Crippen LogP contribution is 2.49. The number of unbranched alkanes of at least 4 members (excludes halogenated alkanes) is 2. The summed E-state index contributed by atoms with van der Waals surface area (Å²) in [5, 5.41) is 0. The topological polar surface area (TPSA) is 74.2 Å². The third kappa shape index (κ3) is 6.17. The number of carbonyl (C=O) groups is 2. The van der Waals surface area contributed by atoms with Gasteiger partial charge in [0.05, 0.1) is 13.7 Å². The Morgan fingerprint density at radius 2 is 1.82 bits per heavy atom. The lowest BCUT2D eigenvalue weighted by molar-refractivity contribution is -0.146. The molecule has 0 saturated heterocycles. The second-order valence-corrected chi connectivity index (χ2v) is 11.1. The van der Waals surface area contributed by atoms with E-state index in [4.69, 9.17) is 19.2 Å². The first-order valence-electron chi connectivity index (χ1n) is 13.6. The van der Waals surface area contributed by atoms with Crippen molar-refractivity contribution in [3.63, 3.8) is 0 Å². The van der Waals surface area contributed by atoms with E-state index in [1.165, 1.54) is 0 Å². The lowest BCUT2D eigenvalue weighted by Gasteiger charge is -2.39. The standard InChI is InChI=1S/C32H39NO5/c1-6-7-11-16-37-31(35)28-21(2)33-24-18-32(3,4)19-25(34)30(24)29(28)23-14-15-26(27(17-23)36-5)38-20-22-12-9-8-10-13-22/h8-10,12-15,17,28-29H,6-7,11,16,18-20H2,1-5H3/t28?,29-/m0/s1. The zero-order valence-corrected chi connectivity index (χ0v) is 23.2. The molecule has 202 valence electrons. The van der Waals surface area contributed by atoms with E-state index in [1.807, 2.05) is 55.5 Å². The van der Waals surface area contributed by atoms with Crippen LogP contribution in [0.25, 0.3) is 0 Å². The van der Waals surface area contributed by atoms with E-state index in [0.717, 1.165) is 36.1 Å². The maximum atomic E-state index is 13.5. The molecule has 0 amide bonds. The molecule has 0 N–H and O–H groups in total. The summed E-state index contributed by atoms with van der Waals surface area (Å²) in [5.41, 5.74) is 3.79. The van der Waals surface area contributed by atoms with Gasteiger partial charge in [-0.1, -0.05) is 70.0 Å². The highest BCUT2D eigenvalue weighted by atomic mass is 16.5. The third-order valence-corrected chi connectivity index (χ3v) is 7.33. The van der Waals surface area contributed by atoms with Gasteiger partial charge in [-0.15, -0.1) is 0 Å². The fourth-order valence-electron chi connectivity index (χ4n) is 5.46. The number of Topliss-reactive ketones (excluding diaryl/α,β-unsaturated/α-hetero) is 1. The van der Waals surface area contributed by atoms with Gasteiger partial charge in [0.15, 0.2) is 17.3 Å². The van der Waals surface area contributed by atoms with Crippen LogP contribution in [0.15, 0.2) is 64.8 Å². The number of ketones is 1. The number of aliphatic imine (C=N–C) groups is 1. The van der Waals surface area contributed by atoms with Crippen molar-refractivity contribution in [3.8, 4) is 11.5 Å². The van der Waals surface area contributed by atoms with E-state index in [-0.39, 0.29) is 17.2 Å². The van der Waals surface area contributed by atoms with Crippen LogP contribution < -0.4 is 9.47 Å². The van der Waals surface area contributed by atoms with E-state index in [9.17, 15) is 9.59 Å². The van der Waals surface area contributed by atoms with Gasteiger partial charge in [-0.2, -0.15) is 0 Å². The van der Waals surface area contributed by atoms with Crippen molar-refractivity contribution in [2.24, 2.45) is 16.3 Å². The van der Waals surface area contributed by atoms with Crippen LogP contribution in [0.2, 0.25) is 0 Å². The van der Waals surface area contributed by atoms with Crippen molar-refractivity contribution < 1.29 is 23.8 Å². The molecule has 6 heteroatoms. The Balaban J connectivity index is 1.70. The highest BCUT2D eigenvalue weighted by Gasteiger charge is 2.46. The molecule has 0 fully saturated rings. The molecule has 0 spiro atoms. The molecule has 1 unspecified atom stereocenters. The highest BCUT2D eigenvalue weighted by molar-refractivity contribution is 6.09. The van der Waals surface area contributed by atoms with Gasteiger partial charge in [0.25, 0.3) is 0 Å². The van der Waals surface area contributed by atoms with Gasteiger partial charge < -0.3 is 14.2 Å². The van der Waals surface area contributed by atoms with Gasteiger partial charge in [-0.3, -0.25) is 14.6 Å². The molecule has 2 aliphatic rings. The quantitative estimate of drug-likeness (QED) is 0.255. The maximum absolute atomic E-state index is 13.5. The van der Waals surface area contributed by atoms with E-state index in [2.05, 4.69) is 20.8 Å². The zero-order valence-electron chi connectivity index (χ0n) is 23.2. The molecule has 38 heavy (non-hydrogen) atoms. The predicted octanol–water partition coefficient (Wildman–Crippen LogP) is 6.83. The summed E-state index contributed by atoms with van der Waals surface area (Å²) in [6.45, 7) is 8.93. The number of allylic oxidation sites excluding steroid dienone is 2. The van der Waals surface area contributed by atoms with E-state index < -0.39 is 11.8 Å². The molecule has 0 saturated carbocycles. The summed E-state index contributed by atoms with van der Waals surface area (Å²) >= 11 is 0. The summed E-state index contributed by atoms with van der Waals surface area (Å²) in [4.78, 5) is 31.8. The monoisotopic (exact) mass is 517 g/mol. The molecule has 2 aromatic carbocycles. The Bertz CT molecular complexity index is 1230. The number of benzene rings is 2. The van der Waals surface area contributed by atoms with Crippen LogP contribution in [0.5, 0.6) is 11.5 Å². The molecule has 2 aromatic rings. The van der Waals surface area contributed by atoms with Crippen LogP contribution in [0.3, 0.4) is 0 Å². The minimum absolute atomic E-state index is 0.0460. The van der Waals surface area contributed by atoms with Gasteiger partial charge in [-0.05, 0) is 48.4 Å². The first-order valence-corrected chi connectivity index (χ1v) is 13.6. The van der Waals surface area contributed by atoms with Gasteiger partial charge in [0, 0.05) is 29.3 Å². The fourth-order valence-corrected chi connectivity index (χ4v) is 5.46. The third-order valence-electron chi connectivity index (χ3n) is 7.33. The Labute approximate surface area is 226 Å². The lowest BCUT2D eigenvalue weighted by Crippen LogP contribution is -2.39. The lowest BCUT2D eigenvalue weighted by atomic mass is 9.67. The predicted molar refractivity (Wildman–Crippen MR) is 149 cm³/mol. The van der Waals surface area contributed by atoms with Gasteiger partial charge >= 0.3 is 5.97 Å². The number of methoxy groups -OCH3 is 1. The van der Waals surface area contributed by atoms with Gasteiger partial charge in [0.1, 0.15) is 12.5 Å². The Hall–Kier alpha value is -3.41. The second-order valence-electron chi connectivity index (χ2n) is 11.1.